The SMILES string of the molecule is Cc1ccc(Nc2c(NS(=O)(=O)C3(C)CC3)cn(C)c(=O)c2C)c(F)c1. The maximum atomic E-state index is 14.2. The van der Waals surface area contributed by atoms with Crippen molar-refractivity contribution in [2.45, 2.75) is 38.4 Å². The van der Waals surface area contributed by atoms with E-state index in [2.05, 4.69) is 10.0 Å². The van der Waals surface area contributed by atoms with E-state index in [1.165, 1.54) is 16.8 Å². The molecule has 1 aromatic heterocycles. The van der Waals surface area contributed by atoms with Crippen LogP contribution in [0.4, 0.5) is 21.5 Å². The lowest BCUT2D eigenvalue weighted by Gasteiger charge is -2.20. The number of benzene rings is 1. The number of aromatic nitrogens is 1. The predicted octanol–water partition coefficient (Wildman–Crippen LogP) is 3.18. The Labute approximate surface area is 152 Å². The number of hydrogen-bond donors (Lipinski definition) is 2. The minimum atomic E-state index is -3.62. The minimum Gasteiger partial charge on any atom is -0.351 e. The molecule has 1 heterocycles. The highest BCUT2D eigenvalue weighted by Crippen LogP contribution is 2.44. The highest BCUT2D eigenvalue weighted by atomic mass is 32.2. The Bertz CT molecular complexity index is 1040. The molecule has 8 heteroatoms. The minimum absolute atomic E-state index is 0.171. The van der Waals surface area contributed by atoms with Gasteiger partial charge in [-0.2, -0.15) is 0 Å². The Morgan fingerprint density at radius 3 is 2.42 bits per heavy atom. The first kappa shape index (κ1) is 18.4. The van der Waals surface area contributed by atoms with Gasteiger partial charge in [-0.15, -0.1) is 0 Å². The van der Waals surface area contributed by atoms with E-state index in [-0.39, 0.29) is 22.6 Å². The predicted molar refractivity (Wildman–Crippen MR) is 101 cm³/mol. The fourth-order valence-electron chi connectivity index (χ4n) is 2.70. The molecule has 0 saturated heterocycles. The summed E-state index contributed by atoms with van der Waals surface area (Å²) in [6.07, 6.45) is 2.58. The van der Waals surface area contributed by atoms with Crippen LogP contribution in [0.25, 0.3) is 0 Å². The number of nitrogens with one attached hydrogen (secondary N) is 2. The molecular formula is C18H22FN3O3S. The maximum absolute atomic E-state index is 14.2. The lowest BCUT2D eigenvalue weighted by molar-refractivity contribution is 0.587. The van der Waals surface area contributed by atoms with E-state index >= 15 is 0 Å². The Hall–Kier alpha value is -2.35. The first-order chi connectivity index (χ1) is 12.0. The Kier molecular flexibility index (Phi) is 4.34. The Balaban J connectivity index is 2.08. The third kappa shape index (κ3) is 3.21. The fourth-order valence-corrected chi connectivity index (χ4v) is 4.03. The number of anilines is 3. The monoisotopic (exact) mass is 379 g/mol. The zero-order valence-corrected chi connectivity index (χ0v) is 16.0. The van der Waals surface area contributed by atoms with Gasteiger partial charge in [0.05, 0.1) is 21.8 Å². The van der Waals surface area contributed by atoms with Crippen LogP contribution in [0.15, 0.2) is 29.2 Å². The first-order valence-corrected chi connectivity index (χ1v) is 9.78. The van der Waals surface area contributed by atoms with Crippen LogP contribution in [-0.2, 0) is 17.1 Å². The molecule has 26 heavy (non-hydrogen) atoms. The number of nitrogens with zero attached hydrogens (tertiary/aromatic N) is 1. The second-order valence-corrected chi connectivity index (χ2v) is 9.32. The molecule has 1 saturated carbocycles. The van der Waals surface area contributed by atoms with Gasteiger partial charge in [-0.3, -0.25) is 9.52 Å². The van der Waals surface area contributed by atoms with Crippen molar-refractivity contribution in [2.24, 2.45) is 7.05 Å². The Morgan fingerprint density at radius 2 is 1.85 bits per heavy atom. The van der Waals surface area contributed by atoms with E-state index in [9.17, 15) is 17.6 Å². The molecule has 140 valence electrons. The number of sulfonamides is 1. The average Bonchev–Trinajstić information content (AvgIpc) is 3.30. The van der Waals surface area contributed by atoms with Gasteiger partial charge >= 0.3 is 0 Å². The number of hydrogen-bond acceptors (Lipinski definition) is 4. The van der Waals surface area contributed by atoms with Crippen LogP contribution < -0.4 is 15.6 Å². The van der Waals surface area contributed by atoms with Gasteiger partial charge in [0, 0.05) is 18.8 Å². The van der Waals surface area contributed by atoms with Crippen molar-refractivity contribution in [1.82, 2.24) is 4.57 Å². The van der Waals surface area contributed by atoms with E-state index in [4.69, 9.17) is 0 Å². The largest absolute Gasteiger partial charge is 0.351 e. The number of rotatable bonds is 5. The van der Waals surface area contributed by atoms with Crippen molar-refractivity contribution in [3.05, 3.63) is 51.7 Å². The fraction of sp³-hybridized carbons (Fsp3) is 0.389. The van der Waals surface area contributed by atoms with E-state index in [0.717, 1.165) is 5.56 Å². The highest BCUT2D eigenvalue weighted by molar-refractivity contribution is 7.94. The van der Waals surface area contributed by atoms with Crippen LogP contribution in [0.5, 0.6) is 0 Å². The molecule has 2 N–H and O–H groups in total. The molecule has 0 spiro atoms. The van der Waals surface area contributed by atoms with Crippen molar-refractivity contribution >= 4 is 27.1 Å². The maximum Gasteiger partial charge on any atom is 0.255 e. The third-order valence-electron chi connectivity index (χ3n) is 4.84. The molecule has 0 radical (unpaired) electrons. The average molecular weight is 379 g/mol. The van der Waals surface area contributed by atoms with Gasteiger partial charge in [0.1, 0.15) is 5.82 Å². The molecule has 0 atom stereocenters. The van der Waals surface area contributed by atoms with Gasteiger partial charge in [-0.05, 0) is 51.3 Å². The van der Waals surface area contributed by atoms with Crippen LogP contribution >= 0.6 is 0 Å². The normalized spacial score (nSPS) is 15.6. The van der Waals surface area contributed by atoms with E-state index in [1.807, 2.05) is 0 Å². The molecule has 0 unspecified atom stereocenters. The summed E-state index contributed by atoms with van der Waals surface area (Å²) in [4.78, 5) is 12.3. The summed E-state index contributed by atoms with van der Waals surface area (Å²) in [6, 6.07) is 4.66. The summed E-state index contributed by atoms with van der Waals surface area (Å²) in [6.45, 7) is 5.02. The number of pyridine rings is 1. The summed E-state index contributed by atoms with van der Waals surface area (Å²) < 4.78 is 42.5. The van der Waals surface area contributed by atoms with Crippen molar-refractivity contribution in [1.29, 1.82) is 0 Å². The van der Waals surface area contributed by atoms with Crippen molar-refractivity contribution in [3.63, 3.8) is 0 Å². The van der Waals surface area contributed by atoms with Gasteiger partial charge in [0.2, 0.25) is 10.0 Å². The molecule has 6 nitrogen and oxygen atoms in total. The van der Waals surface area contributed by atoms with Crippen LogP contribution in [0, 0.1) is 19.7 Å². The molecule has 1 fully saturated rings. The summed E-state index contributed by atoms with van der Waals surface area (Å²) >= 11 is 0. The first-order valence-electron chi connectivity index (χ1n) is 8.30. The quantitative estimate of drug-likeness (QED) is 0.836. The van der Waals surface area contributed by atoms with Gasteiger partial charge in [-0.1, -0.05) is 6.07 Å². The van der Waals surface area contributed by atoms with Crippen molar-refractivity contribution in [2.75, 3.05) is 10.0 Å². The molecular weight excluding hydrogens is 357 g/mol. The third-order valence-corrected chi connectivity index (χ3v) is 7.03. The Morgan fingerprint density at radius 1 is 1.19 bits per heavy atom. The second kappa shape index (κ2) is 6.12. The summed E-state index contributed by atoms with van der Waals surface area (Å²) in [5.74, 6) is -0.479. The molecule has 1 aliphatic carbocycles. The van der Waals surface area contributed by atoms with Crippen LogP contribution in [0.1, 0.15) is 30.9 Å². The van der Waals surface area contributed by atoms with Crippen LogP contribution in [0.2, 0.25) is 0 Å². The zero-order valence-electron chi connectivity index (χ0n) is 15.2. The van der Waals surface area contributed by atoms with Crippen molar-refractivity contribution < 1.29 is 12.8 Å². The van der Waals surface area contributed by atoms with Gasteiger partial charge < -0.3 is 9.88 Å². The molecule has 2 aromatic rings. The number of halogens is 1. The standard InChI is InChI=1S/C18H22FN3O3S/c1-11-5-6-14(13(19)9-11)20-16-12(2)17(23)22(4)10-15(16)21-26(24,25)18(3)7-8-18/h5-6,9-10,20-21H,7-8H2,1-4H3. The summed E-state index contributed by atoms with van der Waals surface area (Å²) in [5.41, 5.74) is 1.41. The van der Waals surface area contributed by atoms with Gasteiger partial charge in [0.25, 0.3) is 5.56 Å². The smallest absolute Gasteiger partial charge is 0.255 e. The van der Waals surface area contributed by atoms with E-state index in [0.29, 0.717) is 18.4 Å². The topological polar surface area (TPSA) is 80.2 Å². The lowest BCUT2D eigenvalue weighted by atomic mass is 10.2. The molecule has 0 aliphatic heterocycles. The zero-order chi connectivity index (χ0) is 19.3. The van der Waals surface area contributed by atoms with Gasteiger partial charge in [-0.25, -0.2) is 12.8 Å². The van der Waals surface area contributed by atoms with Crippen molar-refractivity contribution in [3.8, 4) is 0 Å². The summed E-state index contributed by atoms with van der Waals surface area (Å²) in [5, 5.41) is 2.88. The van der Waals surface area contributed by atoms with Crippen LogP contribution in [-0.4, -0.2) is 17.7 Å². The van der Waals surface area contributed by atoms with Crippen LogP contribution in [0.3, 0.4) is 0 Å². The molecule has 1 aromatic carbocycles. The second-order valence-electron chi connectivity index (χ2n) is 7.12. The highest BCUT2D eigenvalue weighted by Gasteiger charge is 2.50. The number of aryl methyl sites for hydroxylation is 2. The summed E-state index contributed by atoms with van der Waals surface area (Å²) in [7, 11) is -2.07. The molecule has 1 aliphatic rings. The molecule has 0 amide bonds. The molecule has 3 rings (SSSR count). The van der Waals surface area contributed by atoms with Gasteiger partial charge in [0.15, 0.2) is 0 Å². The van der Waals surface area contributed by atoms with E-state index in [1.54, 1.807) is 40.0 Å². The lowest BCUT2D eigenvalue weighted by Crippen LogP contribution is -2.29. The molecule has 0 bridgehead atoms. The van der Waals surface area contributed by atoms with E-state index < -0.39 is 20.6 Å².